The molecule has 2 rings (SSSR count). The average Bonchev–Trinajstić information content (AvgIpc) is 2.91. The Kier molecular flexibility index (Phi) is 4.49. The van der Waals surface area contributed by atoms with Gasteiger partial charge in [0.1, 0.15) is 5.75 Å². The molecule has 1 unspecified atom stereocenters. The summed E-state index contributed by atoms with van der Waals surface area (Å²) in [4.78, 5) is 24.5. The number of likely N-dealkylation sites (tertiary alicyclic amines) is 1. The smallest absolute Gasteiger partial charge is 0.321 e. The van der Waals surface area contributed by atoms with Gasteiger partial charge in [-0.05, 0) is 34.5 Å². The number of rotatable bonds is 3. The molecule has 7 heteroatoms. The fourth-order valence-corrected chi connectivity index (χ4v) is 2.41. The zero-order chi connectivity index (χ0) is 14.7. The van der Waals surface area contributed by atoms with Crippen molar-refractivity contribution in [2.75, 3.05) is 25.5 Å². The molecule has 1 aromatic rings. The van der Waals surface area contributed by atoms with Crippen LogP contribution in [0.5, 0.6) is 5.75 Å². The first-order chi connectivity index (χ1) is 9.51. The van der Waals surface area contributed by atoms with Crippen molar-refractivity contribution in [3.8, 4) is 5.75 Å². The first kappa shape index (κ1) is 14.6. The maximum Gasteiger partial charge on any atom is 0.321 e. The van der Waals surface area contributed by atoms with E-state index in [-0.39, 0.29) is 12.6 Å². The maximum absolute atomic E-state index is 12.1. The van der Waals surface area contributed by atoms with Crippen LogP contribution < -0.4 is 10.1 Å². The van der Waals surface area contributed by atoms with Gasteiger partial charge in [-0.2, -0.15) is 0 Å². The van der Waals surface area contributed by atoms with Crippen LogP contribution >= 0.6 is 15.9 Å². The number of carboxylic acid groups (broad SMARTS) is 1. The van der Waals surface area contributed by atoms with Crippen molar-refractivity contribution in [3.05, 3.63) is 22.7 Å². The number of benzene rings is 1. The minimum absolute atomic E-state index is 0.239. The molecule has 1 aromatic carbocycles. The summed E-state index contributed by atoms with van der Waals surface area (Å²) >= 11 is 3.35. The molecule has 6 nitrogen and oxygen atoms in total. The van der Waals surface area contributed by atoms with E-state index in [0.29, 0.717) is 24.4 Å². The fourth-order valence-electron chi connectivity index (χ4n) is 2.07. The number of urea groups is 1. The molecule has 1 saturated heterocycles. The Hall–Kier alpha value is -1.76. The summed E-state index contributed by atoms with van der Waals surface area (Å²) in [5.74, 6) is -0.703. The van der Waals surface area contributed by atoms with Gasteiger partial charge in [0.25, 0.3) is 0 Å². The summed E-state index contributed by atoms with van der Waals surface area (Å²) in [6, 6.07) is 4.95. The van der Waals surface area contributed by atoms with Gasteiger partial charge in [0.05, 0.1) is 18.7 Å². The van der Waals surface area contributed by atoms with Crippen molar-refractivity contribution in [1.29, 1.82) is 0 Å². The molecule has 0 aliphatic carbocycles. The van der Waals surface area contributed by atoms with Crippen molar-refractivity contribution in [2.45, 2.75) is 6.42 Å². The Bertz CT molecular complexity index is 535. The molecule has 0 spiro atoms. The highest BCUT2D eigenvalue weighted by atomic mass is 79.9. The molecule has 2 amide bonds. The molecular weight excluding hydrogens is 328 g/mol. The number of hydrogen-bond donors (Lipinski definition) is 2. The number of ether oxygens (including phenoxy) is 1. The number of amides is 2. The molecule has 2 N–H and O–H groups in total. The van der Waals surface area contributed by atoms with Crippen molar-refractivity contribution in [3.63, 3.8) is 0 Å². The highest BCUT2D eigenvalue weighted by molar-refractivity contribution is 9.10. The first-order valence-corrected chi connectivity index (χ1v) is 6.93. The van der Waals surface area contributed by atoms with Gasteiger partial charge in [-0.25, -0.2) is 4.79 Å². The Labute approximate surface area is 124 Å². The number of carboxylic acids is 1. The van der Waals surface area contributed by atoms with Gasteiger partial charge in [0, 0.05) is 23.6 Å². The van der Waals surface area contributed by atoms with Crippen LogP contribution in [0, 0.1) is 5.92 Å². The van der Waals surface area contributed by atoms with Gasteiger partial charge >= 0.3 is 12.0 Å². The summed E-state index contributed by atoms with van der Waals surface area (Å²) in [6.07, 6.45) is 0.488. The quantitative estimate of drug-likeness (QED) is 0.883. The van der Waals surface area contributed by atoms with E-state index in [9.17, 15) is 9.59 Å². The molecule has 1 aliphatic rings. The minimum atomic E-state index is -0.858. The number of hydrogen-bond acceptors (Lipinski definition) is 3. The highest BCUT2D eigenvalue weighted by Crippen LogP contribution is 2.28. The molecule has 108 valence electrons. The van der Waals surface area contributed by atoms with Crippen LogP contribution in [0.3, 0.4) is 0 Å². The molecule has 0 aromatic heterocycles. The molecular formula is C13H15BrN2O4. The van der Waals surface area contributed by atoms with Gasteiger partial charge in [0.15, 0.2) is 0 Å². The van der Waals surface area contributed by atoms with Crippen LogP contribution in [0.2, 0.25) is 0 Å². The molecule has 0 saturated carbocycles. The predicted molar refractivity (Wildman–Crippen MR) is 77.0 cm³/mol. The normalized spacial score (nSPS) is 17.9. The van der Waals surface area contributed by atoms with Crippen molar-refractivity contribution in [2.24, 2.45) is 5.92 Å². The second kappa shape index (κ2) is 6.13. The molecule has 0 radical (unpaired) electrons. The van der Waals surface area contributed by atoms with E-state index in [2.05, 4.69) is 21.2 Å². The third kappa shape index (κ3) is 3.22. The lowest BCUT2D eigenvalue weighted by Gasteiger charge is -2.17. The SMILES string of the molecule is COc1ccc(Br)c(NC(=O)N2CCC(C(=O)O)C2)c1. The minimum Gasteiger partial charge on any atom is -0.497 e. The Morgan fingerprint density at radius 3 is 2.85 bits per heavy atom. The lowest BCUT2D eigenvalue weighted by atomic mass is 10.1. The Morgan fingerprint density at radius 2 is 2.25 bits per heavy atom. The van der Waals surface area contributed by atoms with Crippen LogP contribution in [0.1, 0.15) is 6.42 Å². The van der Waals surface area contributed by atoms with Crippen molar-refractivity contribution >= 4 is 33.6 Å². The number of carbonyl (C=O) groups is 2. The van der Waals surface area contributed by atoms with Gasteiger partial charge in [0.2, 0.25) is 0 Å². The number of nitrogens with zero attached hydrogens (tertiary/aromatic N) is 1. The van der Waals surface area contributed by atoms with Crippen LogP contribution in [0.25, 0.3) is 0 Å². The molecule has 1 heterocycles. The van der Waals surface area contributed by atoms with Gasteiger partial charge in [-0.15, -0.1) is 0 Å². The lowest BCUT2D eigenvalue weighted by Crippen LogP contribution is -2.33. The number of halogens is 1. The molecule has 0 bridgehead atoms. The van der Waals surface area contributed by atoms with Crippen molar-refractivity contribution in [1.82, 2.24) is 4.90 Å². The summed E-state index contributed by atoms with van der Waals surface area (Å²) < 4.78 is 5.84. The van der Waals surface area contributed by atoms with Gasteiger partial charge in [-0.1, -0.05) is 0 Å². The standard InChI is InChI=1S/C13H15BrN2O4/c1-20-9-2-3-10(14)11(6-9)15-13(19)16-5-4-8(7-16)12(17)18/h2-3,6,8H,4-5,7H2,1H3,(H,15,19)(H,17,18). The zero-order valence-corrected chi connectivity index (χ0v) is 12.5. The number of aliphatic carboxylic acids is 1. The van der Waals surface area contributed by atoms with E-state index in [1.54, 1.807) is 25.3 Å². The monoisotopic (exact) mass is 342 g/mol. The van der Waals surface area contributed by atoms with Crippen LogP contribution in [-0.4, -0.2) is 42.2 Å². The van der Waals surface area contributed by atoms with Crippen LogP contribution in [0.4, 0.5) is 10.5 Å². The number of anilines is 1. The molecule has 20 heavy (non-hydrogen) atoms. The zero-order valence-electron chi connectivity index (χ0n) is 10.9. The molecule has 1 atom stereocenters. The maximum atomic E-state index is 12.1. The molecule has 1 fully saturated rings. The third-order valence-electron chi connectivity index (χ3n) is 3.24. The average molecular weight is 343 g/mol. The van der Waals surface area contributed by atoms with Crippen LogP contribution in [0.15, 0.2) is 22.7 Å². The second-order valence-electron chi connectivity index (χ2n) is 4.55. The highest BCUT2D eigenvalue weighted by Gasteiger charge is 2.31. The van der Waals surface area contributed by atoms with Gasteiger partial charge in [-0.3, -0.25) is 4.79 Å². The summed E-state index contributed by atoms with van der Waals surface area (Å²) in [6.45, 7) is 0.688. The fraction of sp³-hybridized carbons (Fsp3) is 0.385. The predicted octanol–water partition coefficient (Wildman–Crippen LogP) is 2.40. The second-order valence-corrected chi connectivity index (χ2v) is 5.40. The van der Waals surface area contributed by atoms with E-state index in [4.69, 9.17) is 9.84 Å². The number of methoxy groups -OCH3 is 1. The van der Waals surface area contributed by atoms with Crippen LogP contribution in [-0.2, 0) is 4.79 Å². The van der Waals surface area contributed by atoms with E-state index >= 15 is 0 Å². The van der Waals surface area contributed by atoms with E-state index < -0.39 is 11.9 Å². The van der Waals surface area contributed by atoms with Gasteiger partial charge < -0.3 is 20.1 Å². The van der Waals surface area contributed by atoms with E-state index in [1.165, 1.54) is 4.90 Å². The van der Waals surface area contributed by atoms with Crippen molar-refractivity contribution < 1.29 is 19.4 Å². The largest absolute Gasteiger partial charge is 0.497 e. The summed E-state index contributed by atoms with van der Waals surface area (Å²) in [7, 11) is 1.55. The number of nitrogens with one attached hydrogen (secondary N) is 1. The Balaban J connectivity index is 2.03. The van der Waals surface area contributed by atoms with E-state index in [0.717, 1.165) is 4.47 Å². The summed E-state index contributed by atoms with van der Waals surface area (Å²) in [5, 5.41) is 11.7. The first-order valence-electron chi connectivity index (χ1n) is 6.13. The summed E-state index contributed by atoms with van der Waals surface area (Å²) in [5.41, 5.74) is 0.591. The third-order valence-corrected chi connectivity index (χ3v) is 3.93. The Morgan fingerprint density at radius 1 is 1.50 bits per heavy atom. The topological polar surface area (TPSA) is 78.9 Å². The van der Waals surface area contributed by atoms with E-state index in [1.807, 2.05) is 0 Å². The lowest BCUT2D eigenvalue weighted by molar-refractivity contribution is -0.141. The molecule has 1 aliphatic heterocycles. The number of carbonyl (C=O) groups excluding carboxylic acids is 1.